The molecule has 2 aromatic carbocycles. The molecule has 0 radical (unpaired) electrons. The Morgan fingerprint density at radius 2 is 1.87 bits per heavy atom. The summed E-state index contributed by atoms with van der Waals surface area (Å²) in [6.45, 7) is 6.06. The Kier molecular flexibility index (Phi) is 7.01. The third-order valence-corrected chi connectivity index (χ3v) is 6.09. The van der Waals surface area contributed by atoms with Gasteiger partial charge in [0.1, 0.15) is 23.9 Å². The lowest BCUT2D eigenvalue weighted by Crippen LogP contribution is -2.45. The van der Waals surface area contributed by atoms with Crippen molar-refractivity contribution in [3.63, 3.8) is 0 Å². The van der Waals surface area contributed by atoms with Gasteiger partial charge in [-0.3, -0.25) is 4.90 Å². The first kappa shape index (κ1) is 21.5. The molecule has 1 N–H and O–H groups in total. The largest absolute Gasteiger partial charge is 0.495 e. The van der Waals surface area contributed by atoms with E-state index < -0.39 is 0 Å². The van der Waals surface area contributed by atoms with Gasteiger partial charge in [0, 0.05) is 49.7 Å². The minimum absolute atomic E-state index is 0.330. The normalized spacial score (nSPS) is 15.1. The maximum Gasteiger partial charge on any atom is 0.187 e. The molecule has 1 aromatic heterocycles. The van der Waals surface area contributed by atoms with Crippen LogP contribution in [-0.4, -0.2) is 68.3 Å². The number of nitrogens with one attached hydrogen (secondary N) is 1. The van der Waals surface area contributed by atoms with Crippen LogP contribution in [0.5, 0.6) is 11.5 Å². The van der Waals surface area contributed by atoms with Gasteiger partial charge in [-0.15, -0.1) is 11.3 Å². The summed E-state index contributed by atoms with van der Waals surface area (Å²) in [7, 11) is 3.72. The molecule has 0 saturated carbocycles. The highest BCUT2D eigenvalue weighted by atomic mass is 32.1. The van der Waals surface area contributed by atoms with Gasteiger partial charge in [-0.05, 0) is 43.4 Å². The van der Waals surface area contributed by atoms with Crippen molar-refractivity contribution in [1.82, 2.24) is 14.8 Å². The van der Waals surface area contributed by atoms with Crippen LogP contribution in [0.4, 0.5) is 15.2 Å². The van der Waals surface area contributed by atoms with E-state index in [2.05, 4.69) is 27.1 Å². The quantitative estimate of drug-likeness (QED) is 0.561. The number of halogens is 1. The lowest BCUT2D eigenvalue weighted by molar-refractivity contribution is 0.134. The van der Waals surface area contributed by atoms with Gasteiger partial charge in [-0.25, -0.2) is 9.37 Å². The summed E-state index contributed by atoms with van der Waals surface area (Å²) in [6.07, 6.45) is 0. The highest BCUT2D eigenvalue weighted by Crippen LogP contribution is 2.32. The minimum Gasteiger partial charge on any atom is -0.495 e. The van der Waals surface area contributed by atoms with Crippen molar-refractivity contribution in [1.29, 1.82) is 0 Å². The third-order valence-electron chi connectivity index (χ3n) is 5.33. The topological polar surface area (TPSA) is 49.9 Å². The van der Waals surface area contributed by atoms with E-state index in [1.165, 1.54) is 23.5 Å². The van der Waals surface area contributed by atoms with Crippen LogP contribution >= 0.6 is 11.3 Å². The van der Waals surface area contributed by atoms with Crippen LogP contribution < -0.4 is 14.8 Å². The molecule has 0 unspecified atom stereocenters. The van der Waals surface area contributed by atoms with Gasteiger partial charge in [0.15, 0.2) is 5.13 Å². The van der Waals surface area contributed by atoms with Gasteiger partial charge in [0.05, 0.1) is 18.5 Å². The van der Waals surface area contributed by atoms with Crippen LogP contribution in [0.15, 0.2) is 47.8 Å². The number of rotatable bonds is 8. The average Bonchev–Trinajstić information content (AvgIpc) is 3.24. The molecule has 4 rings (SSSR count). The number of hydrogen-bond donors (Lipinski definition) is 1. The highest BCUT2D eigenvalue weighted by molar-refractivity contribution is 7.14. The molecule has 6 nitrogen and oxygen atoms in total. The summed E-state index contributed by atoms with van der Waals surface area (Å²) in [4.78, 5) is 9.41. The van der Waals surface area contributed by atoms with Crippen molar-refractivity contribution in [2.75, 3.05) is 58.8 Å². The molecule has 0 atom stereocenters. The fourth-order valence-corrected chi connectivity index (χ4v) is 4.17. The van der Waals surface area contributed by atoms with Crippen LogP contribution in [0.25, 0.3) is 11.3 Å². The predicted molar refractivity (Wildman–Crippen MR) is 123 cm³/mol. The average molecular weight is 443 g/mol. The standard InChI is InChI=1S/C23H27FN4O2S/c1-27-9-11-28(12-10-27)13-14-30-19-6-3-17(4-7-19)21-16-31-23(26-21)25-20-15-18(24)5-8-22(20)29-2/h3-8,15-16H,9-14H2,1-2H3,(H,25,26). The molecule has 0 spiro atoms. The van der Waals surface area contributed by atoms with E-state index in [1.807, 2.05) is 29.6 Å². The maximum atomic E-state index is 13.6. The van der Waals surface area contributed by atoms with Gasteiger partial charge in [-0.1, -0.05) is 0 Å². The van der Waals surface area contributed by atoms with Crippen LogP contribution in [0, 0.1) is 5.82 Å². The van der Waals surface area contributed by atoms with Crippen LogP contribution in [0.3, 0.4) is 0 Å². The van der Waals surface area contributed by atoms with Crippen LogP contribution in [0.1, 0.15) is 0 Å². The van der Waals surface area contributed by atoms with Gasteiger partial charge >= 0.3 is 0 Å². The number of hydrogen-bond acceptors (Lipinski definition) is 7. The summed E-state index contributed by atoms with van der Waals surface area (Å²) >= 11 is 1.46. The van der Waals surface area contributed by atoms with Crippen LogP contribution in [0.2, 0.25) is 0 Å². The zero-order valence-corrected chi connectivity index (χ0v) is 18.6. The second kappa shape index (κ2) is 10.1. The molecule has 0 aliphatic carbocycles. The first-order valence-electron chi connectivity index (χ1n) is 10.3. The number of methoxy groups -OCH3 is 1. The molecule has 0 amide bonds. The van der Waals surface area contributed by atoms with Crippen LogP contribution in [-0.2, 0) is 0 Å². The Morgan fingerprint density at radius 3 is 2.61 bits per heavy atom. The third kappa shape index (κ3) is 5.72. The van der Waals surface area contributed by atoms with Gasteiger partial charge in [0.25, 0.3) is 0 Å². The van der Waals surface area contributed by atoms with E-state index in [9.17, 15) is 4.39 Å². The number of anilines is 2. The maximum absolute atomic E-state index is 13.6. The molecule has 31 heavy (non-hydrogen) atoms. The fraction of sp³-hybridized carbons (Fsp3) is 0.348. The predicted octanol–water partition coefficient (Wildman–Crippen LogP) is 4.33. The summed E-state index contributed by atoms with van der Waals surface area (Å²) in [5, 5.41) is 5.78. The summed E-state index contributed by atoms with van der Waals surface area (Å²) < 4.78 is 24.8. The molecule has 3 aromatic rings. The number of aromatic nitrogens is 1. The Labute approximate surface area is 186 Å². The lowest BCUT2D eigenvalue weighted by Gasteiger charge is -2.32. The van der Waals surface area contributed by atoms with Gasteiger partial charge < -0.3 is 19.7 Å². The van der Waals surface area contributed by atoms with E-state index in [-0.39, 0.29) is 5.82 Å². The highest BCUT2D eigenvalue weighted by Gasteiger charge is 2.13. The summed E-state index contributed by atoms with van der Waals surface area (Å²) in [5.41, 5.74) is 2.40. The number of likely N-dealkylation sites (N-methyl/N-ethyl adjacent to an activating group) is 1. The Hall–Kier alpha value is -2.68. The summed E-state index contributed by atoms with van der Waals surface area (Å²) in [6, 6.07) is 12.3. The second-order valence-corrected chi connectivity index (χ2v) is 8.38. The number of nitrogens with zero attached hydrogens (tertiary/aromatic N) is 3. The molecule has 1 aliphatic heterocycles. The molecule has 164 valence electrons. The zero-order valence-electron chi connectivity index (χ0n) is 17.8. The molecule has 8 heteroatoms. The molecular weight excluding hydrogens is 415 g/mol. The number of ether oxygens (including phenoxy) is 2. The lowest BCUT2D eigenvalue weighted by atomic mass is 10.2. The SMILES string of the molecule is COc1ccc(F)cc1Nc1nc(-c2ccc(OCCN3CCN(C)CC3)cc2)cs1. The van der Waals surface area contributed by atoms with E-state index in [0.29, 0.717) is 23.2 Å². The first-order chi connectivity index (χ1) is 15.1. The summed E-state index contributed by atoms with van der Waals surface area (Å²) in [5.74, 6) is 1.09. The van der Waals surface area contributed by atoms with Crippen molar-refractivity contribution in [3.05, 3.63) is 53.7 Å². The Bertz CT molecular complexity index is 987. The number of piperazine rings is 1. The Balaban J connectivity index is 1.32. The molecule has 1 saturated heterocycles. The zero-order chi connectivity index (χ0) is 21.6. The molecule has 1 aliphatic rings. The van der Waals surface area contributed by atoms with Crippen molar-refractivity contribution in [2.24, 2.45) is 0 Å². The molecular formula is C23H27FN4O2S. The van der Waals surface area contributed by atoms with E-state index in [4.69, 9.17) is 9.47 Å². The Morgan fingerprint density at radius 1 is 1.10 bits per heavy atom. The monoisotopic (exact) mass is 442 g/mol. The molecule has 0 bridgehead atoms. The minimum atomic E-state index is -0.330. The molecule has 1 fully saturated rings. The van der Waals surface area contributed by atoms with Gasteiger partial charge in [0.2, 0.25) is 0 Å². The number of thiazole rings is 1. The van der Waals surface area contributed by atoms with Crippen molar-refractivity contribution in [2.45, 2.75) is 0 Å². The van der Waals surface area contributed by atoms with Crippen molar-refractivity contribution in [3.8, 4) is 22.8 Å². The molecule has 2 heterocycles. The van der Waals surface area contributed by atoms with E-state index in [0.717, 1.165) is 49.7 Å². The second-order valence-electron chi connectivity index (χ2n) is 7.53. The number of benzene rings is 2. The van der Waals surface area contributed by atoms with Crippen molar-refractivity contribution < 1.29 is 13.9 Å². The smallest absolute Gasteiger partial charge is 0.187 e. The van der Waals surface area contributed by atoms with Gasteiger partial charge in [-0.2, -0.15) is 0 Å². The van der Waals surface area contributed by atoms with E-state index >= 15 is 0 Å². The fourth-order valence-electron chi connectivity index (χ4n) is 3.44. The first-order valence-corrected chi connectivity index (χ1v) is 11.2. The van der Waals surface area contributed by atoms with Crippen molar-refractivity contribution >= 4 is 22.2 Å². The van der Waals surface area contributed by atoms with E-state index in [1.54, 1.807) is 13.2 Å².